The maximum absolute atomic E-state index is 13.1. The van der Waals surface area contributed by atoms with Crippen molar-refractivity contribution < 1.29 is 13.6 Å². The predicted octanol–water partition coefficient (Wildman–Crippen LogP) is 3.78. The summed E-state index contributed by atoms with van der Waals surface area (Å²) in [5, 5.41) is 9.96. The van der Waals surface area contributed by atoms with E-state index in [1.54, 1.807) is 24.3 Å². The lowest BCUT2D eigenvalue weighted by molar-refractivity contribution is 0.102. The van der Waals surface area contributed by atoms with Crippen LogP contribution in [0, 0.1) is 5.82 Å². The van der Waals surface area contributed by atoms with E-state index in [1.807, 2.05) is 0 Å². The third-order valence-electron chi connectivity index (χ3n) is 2.93. The Balaban J connectivity index is 1.76. The quantitative estimate of drug-likeness (QED) is 0.798. The van der Waals surface area contributed by atoms with Crippen molar-refractivity contribution >= 4 is 23.2 Å². The van der Waals surface area contributed by atoms with Crippen LogP contribution < -0.4 is 5.32 Å². The molecule has 0 saturated heterocycles. The van der Waals surface area contributed by atoms with Gasteiger partial charge in [0, 0.05) is 16.8 Å². The molecule has 0 spiro atoms. The lowest BCUT2D eigenvalue weighted by atomic mass is 10.1. The Bertz CT molecular complexity index is 804. The first-order valence-corrected chi connectivity index (χ1v) is 6.64. The van der Waals surface area contributed by atoms with Crippen molar-refractivity contribution in [1.29, 1.82) is 0 Å². The van der Waals surface area contributed by atoms with Gasteiger partial charge in [0.25, 0.3) is 5.91 Å². The fourth-order valence-corrected chi connectivity index (χ4v) is 2.02. The fourth-order valence-electron chi connectivity index (χ4n) is 1.84. The summed E-state index contributed by atoms with van der Waals surface area (Å²) >= 11 is 5.67. The van der Waals surface area contributed by atoms with E-state index in [9.17, 15) is 9.18 Å². The molecule has 0 atom stereocenters. The van der Waals surface area contributed by atoms with E-state index in [0.717, 1.165) is 0 Å². The number of hydrogen-bond acceptors (Lipinski definition) is 4. The SMILES string of the molecule is O=C(Nc1ccc(F)c(Cl)c1)c1ccc(-c2nnco2)cc1. The van der Waals surface area contributed by atoms with E-state index < -0.39 is 5.82 Å². The lowest BCUT2D eigenvalue weighted by Crippen LogP contribution is -2.11. The average Bonchev–Trinajstić information content (AvgIpc) is 3.05. The van der Waals surface area contributed by atoms with Crippen molar-refractivity contribution in [3.8, 4) is 11.5 Å². The van der Waals surface area contributed by atoms with Gasteiger partial charge in [0.15, 0.2) is 0 Å². The Morgan fingerprint density at radius 3 is 2.59 bits per heavy atom. The van der Waals surface area contributed by atoms with Crippen LogP contribution in [0.4, 0.5) is 10.1 Å². The molecule has 1 aromatic heterocycles. The Kier molecular flexibility index (Phi) is 3.84. The van der Waals surface area contributed by atoms with Crippen LogP contribution in [0.3, 0.4) is 0 Å². The van der Waals surface area contributed by atoms with E-state index >= 15 is 0 Å². The number of anilines is 1. The van der Waals surface area contributed by atoms with Gasteiger partial charge in [0.05, 0.1) is 5.02 Å². The number of benzene rings is 2. The highest BCUT2D eigenvalue weighted by Gasteiger charge is 2.09. The number of amides is 1. The highest BCUT2D eigenvalue weighted by molar-refractivity contribution is 6.31. The van der Waals surface area contributed by atoms with Crippen molar-refractivity contribution in [2.45, 2.75) is 0 Å². The molecule has 1 amide bonds. The Morgan fingerprint density at radius 1 is 1.18 bits per heavy atom. The largest absolute Gasteiger partial charge is 0.423 e. The number of nitrogens with zero attached hydrogens (tertiary/aromatic N) is 2. The summed E-state index contributed by atoms with van der Waals surface area (Å²) < 4.78 is 18.1. The van der Waals surface area contributed by atoms with Crippen molar-refractivity contribution in [3.05, 3.63) is 65.3 Å². The van der Waals surface area contributed by atoms with E-state index in [4.69, 9.17) is 16.0 Å². The molecule has 0 bridgehead atoms. The van der Waals surface area contributed by atoms with E-state index in [1.165, 1.54) is 24.6 Å². The molecule has 7 heteroatoms. The van der Waals surface area contributed by atoms with Gasteiger partial charge in [0.2, 0.25) is 12.3 Å². The van der Waals surface area contributed by atoms with E-state index in [0.29, 0.717) is 22.7 Å². The minimum absolute atomic E-state index is 0.0514. The molecule has 5 nitrogen and oxygen atoms in total. The van der Waals surface area contributed by atoms with Gasteiger partial charge in [-0.05, 0) is 42.5 Å². The van der Waals surface area contributed by atoms with Crippen LogP contribution in [0.25, 0.3) is 11.5 Å². The molecular formula is C15H9ClFN3O2. The normalized spacial score (nSPS) is 10.5. The minimum Gasteiger partial charge on any atom is -0.423 e. The molecule has 0 saturated carbocycles. The van der Waals surface area contributed by atoms with Gasteiger partial charge in [-0.25, -0.2) is 4.39 Å². The summed E-state index contributed by atoms with van der Waals surface area (Å²) in [5.74, 6) is -0.499. The first kappa shape index (κ1) is 14.2. The second-order valence-corrected chi connectivity index (χ2v) is 4.81. The number of carbonyl (C=O) groups excluding carboxylic acids is 1. The first-order valence-electron chi connectivity index (χ1n) is 6.26. The predicted molar refractivity (Wildman–Crippen MR) is 79.1 cm³/mol. The molecule has 22 heavy (non-hydrogen) atoms. The standard InChI is InChI=1S/C15H9ClFN3O2/c16-12-7-11(5-6-13(12)17)19-14(21)9-1-3-10(4-2-9)15-20-18-8-22-15/h1-8H,(H,19,21). The van der Waals surface area contributed by atoms with Gasteiger partial charge >= 0.3 is 0 Å². The monoisotopic (exact) mass is 317 g/mol. The second-order valence-electron chi connectivity index (χ2n) is 4.40. The highest BCUT2D eigenvalue weighted by Crippen LogP contribution is 2.21. The van der Waals surface area contributed by atoms with Gasteiger partial charge in [0.1, 0.15) is 5.82 Å². The zero-order valence-corrected chi connectivity index (χ0v) is 11.8. The molecule has 0 fully saturated rings. The van der Waals surface area contributed by atoms with Gasteiger partial charge in [-0.1, -0.05) is 11.6 Å². The van der Waals surface area contributed by atoms with Crippen LogP contribution in [-0.4, -0.2) is 16.1 Å². The second kappa shape index (κ2) is 5.95. The molecule has 110 valence electrons. The van der Waals surface area contributed by atoms with Crippen molar-refractivity contribution in [2.75, 3.05) is 5.32 Å². The topological polar surface area (TPSA) is 68.0 Å². The van der Waals surface area contributed by atoms with Crippen molar-refractivity contribution in [2.24, 2.45) is 0 Å². The third-order valence-corrected chi connectivity index (χ3v) is 3.22. The Morgan fingerprint density at radius 2 is 1.95 bits per heavy atom. The molecule has 1 heterocycles. The van der Waals surface area contributed by atoms with Crippen molar-refractivity contribution in [3.63, 3.8) is 0 Å². The van der Waals surface area contributed by atoms with Crippen LogP contribution in [0.15, 0.2) is 53.3 Å². The molecule has 0 aliphatic rings. The lowest BCUT2D eigenvalue weighted by Gasteiger charge is -2.06. The maximum Gasteiger partial charge on any atom is 0.255 e. The number of halogens is 2. The first-order chi connectivity index (χ1) is 10.6. The smallest absolute Gasteiger partial charge is 0.255 e. The molecule has 1 N–H and O–H groups in total. The van der Waals surface area contributed by atoms with Crippen LogP contribution >= 0.6 is 11.6 Å². The Hall–Kier alpha value is -2.73. The molecule has 3 rings (SSSR count). The fraction of sp³-hybridized carbons (Fsp3) is 0. The summed E-state index contributed by atoms with van der Waals surface area (Å²) in [5.41, 5.74) is 1.56. The van der Waals surface area contributed by atoms with E-state index in [2.05, 4.69) is 15.5 Å². The summed E-state index contributed by atoms with van der Waals surface area (Å²) in [6.45, 7) is 0. The maximum atomic E-state index is 13.1. The summed E-state index contributed by atoms with van der Waals surface area (Å²) in [4.78, 5) is 12.1. The van der Waals surface area contributed by atoms with Crippen molar-refractivity contribution in [1.82, 2.24) is 10.2 Å². The number of carbonyl (C=O) groups is 1. The number of hydrogen-bond donors (Lipinski definition) is 1. The summed E-state index contributed by atoms with van der Waals surface area (Å²) in [6.07, 6.45) is 1.23. The van der Waals surface area contributed by atoms with Crippen LogP contribution in [0.2, 0.25) is 5.02 Å². The zero-order valence-electron chi connectivity index (χ0n) is 11.1. The number of aromatic nitrogens is 2. The van der Waals surface area contributed by atoms with Crippen LogP contribution in [-0.2, 0) is 0 Å². The summed E-state index contributed by atoms with van der Waals surface area (Å²) in [7, 11) is 0. The van der Waals surface area contributed by atoms with Gasteiger partial charge in [-0.3, -0.25) is 4.79 Å². The molecule has 0 aliphatic heterocycles. The zero-order chi connectivity index (χ0) is 15.5. The highest BCUT2D eigenvalue weighted by atomic mass is 35.5. The van der Waals surface area contributed by atoms with E-state index in [-0.39, 0.29) is 10.9 Å². The third kappa shape index (κ3) is 2.96. The molecular weight excluding hydrogens is 309 g/mol. The minimum atomic E-state index is -0.538. The molecule has 3 aromatic rings. The Labute approximate surface area is 129 Å². The molecule has 0 unspecified atom stereocenters. The van der Waals surface area contributed by atoms with Gasteiger partial charge in [-0.2, -0.15) is 0 Å². The molecule has 0 aliphatic carbocycles. The molecule has 2 aromatic carbocycles. The molecule has 0 radical (unpaired) electrons. The number of rotatable bonds is 3. The van der Waals surface area contributed by atoms with Gasteiger partial charge in [-0.15, -0.1) is 10.2 Å². The van der Waals surface area contributed by atoms with Crippen LogP contribution in [0.1, 0.15) is 10.4 Å². The summed E-state index contributed by atoms with van der Waals surface area (Å²) in [6, 6.07) is 10.6. The van der Waals surface area contributed by atoms with Gasteiger partial charge < -0.3 is 9.73 Å². The number of nitrogens with one attached hydrogen (secondary N) is 1. The van der Waals surface area contributed by atoms with Crippen LogP contribution in [0.5, 0.6) is 0 Å². The average molecular weight is 318 g/mol.